The first kappa shape index (κ1) is 19.3. The molecule has 1 aromatic carbocycles. The zero-order valence-electron chi connectivity index (χ0n) is 16.0. The zero-order valence-corrected chi connectivity index (χ0v) is 16.8. The number of para-hydroxylation sites is 1. The lowest BCUT2D eigenvalue weighted by Gasteiger charge is -2.23. The van der Waals surface area contributed by atoms with Crippen molar-refractivity contribution in [1.82, 2.24) is 14.9 Å². The molecular formula is C19H24N4O3S. The van der Waals surface area contributed by atoms with E-state index in [2.05, 4.69) is 15.3 Å². The first-order valence-electron chi connectivity index (χ1n) is 8.83. The highest BCUT2D eigenvalue weighted by atomic mass is 32.2. The van der Waals surface area contributed by atoms with Crippen LogP contribution in [0.3, 0.4) is 0 Å². The van der Waals surface area contributed by atoms with Crippen LogP contribution in [0.25, 0.3) is 0 Å². The van der Waals surface area contributed by atoms with Crippen LogP contribution in [0.15, 0.2) is 24.3 Å². The Kier molecular flexibility index (Phi) is 5.19. The lowest BCUT2D eigenvalue weighted by Crippen LogP contribution is -2.38. The van der Waals surface area contributed by atoms with Gasteiger partial charge in [0.2, 0.25) is 5.95 Å². The van der Waals surface area contributed by atoms with Gasteiger partial charge in [-0.2, -0.15) is 0 Å². The normalized spacial score (nSPS) is 18.3. The predicted octanol–water partition coefficient (Wildman–Crippen LogP) is 2.40. The molecule has 1 amide bonds. The van der Waals surface area contributed by atoms with E-state index >= 15 is 0 Å². The number of amides is 1. The summed E-state index contributed by atoms with van der Waals surface area (Å²) >= 11 is 0. The number of carbonyl (C=O) groups excluding carboxylic acids is 1. The molecule has 144 valence electrons. The van der Waals surface area contributed by atoms with E-state index in [0.29, 0.717) is 18.1 Å². The molecule has 1 aromatic heterocycles. The van der Waals surface area contributed by atoms with Gasteiger partial charge in [0.05, 0.1) is 11.5 Å². The Bertz CT molecular complexity index is 968. The van der Waals surface area contributed by atoms with Crippen LogP contribution < -0.4 is 5.32 Å². The SMILES string of the molecule is Cc1cc(C(=O)N(C)C2CCS(=O)(=O)C2)nc(Nc2c(C)cccc2C)n1. The summed E-state index contributed by atoms with van der Waals surface area (Å²) in [5, 5.41) is 3.21. The third kappa shape index (κ3) is 4.27. The van der Waals surface area contributed by atoms with Crippen molar-refractivity contribution < 1.29 is 13.2 Å². The fourth-order valence-electron chi connectivity index (χ4n) is 3.28. The highest BCUT2D eigenvalue weighted by Gasteiger charge is 2.33. The zero-order chi connectivity index (χ0) is 19.8. The lowest BCUT2D eigenvalue weighted by atomic mass is 10.1. The molecule has 7 nitrogen and oxygen atoms in total. The van der Waals surface area contributed by atoms with Gasteiger partial charge in [0, 0.05) is 24.5 Å². The first-order chi connectivity index (χ1) is 12.7. The van der Waals surface area contributed by atoms with Crippen LogP contribution in [0.4, 0.5) is 11.6 Å². The van der Waals surface area contributed by atoms with Crippen molar-refractivity contribution in [2.45, 2.75) is 33.2 Å². The molecule has 27 heavy (non-hydrogen) atoms. The number of anilines is 2. The second-order valence-corrected chi connectivity index (χ2v) is 9.31. The molecule has 0 aliphatic carbocycles. The molecule has 1 unspecified atom stereocenters. The Morgan fingerprint density at radius 3 is 2.44 bits per heavy atom. The fourth-order valence-corrected chi connectivity index (χ4v) is 5.06. The van der Waals surface area contributed by atoms with Gasteiger partial charge in [-0.1, -0.05) is 18.2 Å². The molecule has 1 fully saturated rings. The molecule has 2 heterocycles. The Morgan fingerprint density at radius 2 is 1.85 bits per heavy atom. The number of sulfone groups is 1. The smallest absolute Gasteiger partial charge is 0.272 e. The van der Waals surface area contributed by atoms with Crippen LogP contribution in [0.2, 0.25) is 0 Å². The van der Waals surface area contributed by atoms with Crippen molar-refractivity contribution in [3.05, 3.63) is 46.8 Å². The number of rotatable bonds is 4. The molecule has 8 heteroatoms. The van der Waals surface area contributed by atoms with Gasteiger partial charge in [-0.05, 0) is 44.4 Å². The third-order valence-electron chi connectivity index (χ3n) is 4.87. The molecule has 1 atom stereocenters. The minimum Gasteiger partial charge on any atom is -0.336 e. The number of benzene rings is 1. The maximum Gasteiger partial charge on any atom is 0.272 e. The molecule has 0 spiro atoms. The van der Waals surface area contributed by atoms with Crippen LogP contribution in [0.1, 0.15) is 33.7 Å². The van der Waals surface area contributed by atoms with E-state index in [9.17, 15) is 13.2 Å². The van der Waals surface area contributed by atoms with Crippen molar-refractivity contribution in [3.63, 3.8) is 0 Å². The molecule has 1 N–H and O–H groups in total. The van der Waals surface area contributed by atoms with E-state index in [4.69, 9.17) is 0 Å². The van der Waals surface area contributed by atoms with E-state index in [1.165, 1.54) is 4.90 Å². The Labute approximate surface area is 159 Å². The molecule has 1 saturated heterocycles. The third-order valence-corrected chi connectivity index (χ3v) is 6.62. The summed E-state index contributed by atoms with van der Waals surface area (Å²) in [4.78, 5) is 23.1. The average Bonchev–Trinajstić information content (AvgIpc) is 2.96. The Hall–Kier alpha value is -2.48. The number of nitrogens with zero attached hydrogens (tertiary/aromatic N) is 3. The molecule has 0 radical (unpaired) electrons. The number of aromatic nitrogens is 2. The van der Waals surface area contributed by atoms with Crippen LogP contribution in [-0.2, 0) is 9.84 Å². The topological polar surface area (TPSA) is 92.3 Å². The Morgan fingerprint density at radius 1 is 1.19 bits per heavy atom. The van der Waals surface area contributed by atoms with Gasteiger partial charge in [-0.25, -0.2) is 18.4 Å². The van der Waals surface area contributed by atoms with Gasteiger partial charge in [0.25, 0.3) is 5.91 Å². The summed E-state index contributed by atoms with van der Waals surface area (Å²) in [7, 11) is -1.43. The van der Waals surface area contributed by atoms with Gasteiger partial charge in [-0.3, -0.25) is 4.79 Å². The summed E-state index contributed by atoms with van der Waals surface area (Å²) in [6, 6.07) is 7.27. The number of hydrogen-bond donors (Lipinski definition) is 1. The largest absolute Gasteiger partial charge is 0.336 e. The summed E-state index contributed by atoms with van der Waals surface area (Å²) < 4.78 is 23.4. The fraction of sp³-hybridized carbons (Fsp3) is 0.421. The van der Waals surface area contributed by atoms with Crippen molar-refractivity contribution in [3.8, 4) is 0 Å². The minimum absolute atomic E-state index is 0.00676. The molecule has 1 aliphatic heterocycles. The van der Waals surface area contributed by atoms with E-state index in [-0.39, 0.29) is 29.1 Å². The molecular weight excluding hydrogens is 364 g/mol. The number of aryl methyl sites for hydroxylation is 3. The molecule has 0 saturated carbocycles. The monoisotopic (exact) mass is 388 g/mol. The highest BCUT2D eigenvalue weighted by Crippen LogP contribution is 2.23. The Balaban J connectivity index is 1.86. The van der Waals surface area contributed by atoms with E-state index in [0.717, 1.165) is 16.8 Å². The summed E-state index contributed by atoms with van der Waals surface area (Å²) in [5.41, 5.74) is 3.94. The summed E-state index contributed by atoms with van der Waals surface area (Å²) in [5.74, 6) is 0.180. The molecule has 3 rings (SSSR count). The van der Waals surface area contributed by atoms with E-state index < -0.39 is 9.84 Å². The predicted molar refractivity (Wildman–Crippen MR) is 105 cm³/mol. The van der Waals surface area contributed by atoms with Gasteiger partial charge in [0.1, 0.15) is 5.69 Å². The standard InChI is InChI=1S/C19H24N4O3S/c1-12-6-5-7-13(2)17(12)22-19-20-14(3)10-16(21-19)18(24)23(4)15-8-9-27(25,26)11-15/h5-7,10,15H,8-9,11H2,1-4H3,(H,20,21,22). The van der Waals surface area contributed by atoms with Crippen LogP contribution in [-0.4, -0.2) is 53.8 Å². The highest BCUT2D eigenvalue weighted by molar-refractivity contribution is 7.91. The van der Waals surface area contributed by atoms with Gasteiger partial charge >= 0.3 is 0 Å². The van der Waals surface area contributed by atoms with Crippen molar-refractivity contribution in [2.75, 3.05) is 23.9 Å². The summed E-state index contributed by atoms with van der Waals surface area (Å²) in [6.07, 6.45) is 0.460. The van der Waals surface area contributed by atoms with Crippen molar-refractivity contribution >= 4 is 27.4 Å². The van der Waals surface area contributed by atoms with Crippen LogP contribution in [0, 0.1) is 20.8 Å². The quantitative estimate of drug-likeness (QED) is 0.865. The first-order valence-corrected chi connectivity index (χ1v) is 10.6. The number of nitrogens with one attached hydrogen (secondary N) is 1. The maximum atomic E-state index is 12.8. The van der Waals surface area contributed by atoms with Crippen molar-refractivity contribution in [2.24, 2.45) is 0 Å². The van der Waals surface area contributed by atoms with Gasteiger partial charge in [-0.15, -0.1) is 0 Å². The minimum atomic E-state index is -3.06. The lowest BCUT2D eigenvalue weighted by molar-refractivity contribution is 0.0741. The summed E-state index contributed by atoms with van der Waals surface area (Å²) in [6.45, 7) is 5.78. The number of hydrogen-bond acceptors (Lipinski definition) is 6. The van der Waals surface area contributed by atoms with E-state index in [1.54, 1.807) is 20.0 Å². The molecule has 2 aromatic rings. The second-order valence-electron chi connectivity index (χ2n) is 7.08. The maximum absolute atomic E-state index is 12.8. The van der Waals surface area contributed by atoms with Gasteiger partial charge < -0.3 is 10.2 Å². The number of carbonyl (C=O) groups is 1. The van der Waals surface area contributed by atoms with Crippen molar-refractivity contribution in [1.29, 1.82) is 0 Å². The van der Waals surface area contributed by atoms with Gasteiger partial charge in [0.15, 0.2) is 9.84 Å². The molecule has 1 aliphatic rings. The second kappa shape index (κ2) is 7.26. The van der Waals surface area contributed by atoms with Crippen LogP contribution >= 0.6 is 0 Å². The van der Waals surface area contributed by atoms with E-state index in [1.807, 2.05) is 32.0 Å². The molecule has 0 bridgehead atoms. The average molecular weight is 388 g/mol. The van der Waals surface area contributed by atoms with Crippen LogP contribution in [0.5, 0.6) is 0 Å².